The van der Waals surface area contributed by atoms with E-state index in [2.05, 4.69) is 51.4 Å². The highest BCUT2D eigenvalue weighted by molar-refractivity contribution is 5.93. The number of aryl methyl sites for hydroxylation is 1. The normalized spacial score (nSPS) is 14.3. The number of nitrogens with zero attached hydrogens (tertiary/aromatic N) is 4. The van der Waals surface area contributed by atoms with Crippen molar-refractivity contribution in [3.05, 3.63) is 47.8 Å². The van der Waals surface area contributed by atoms with E-state index in [9.17, 15) is 4.79 Å². The first-order valence-corrected chi connectivity index (χ1v) is 9.33. The fourth-order valence-corrected chi connectivity index (χ4v) is 3.12. The summed E-state index contributed by atoms with van der Waals surface area (Å²) in [6, 6.07) is 8.48. The van der Waals surface area contributed by atoms with Gasteiger partial charge in [0.25, 0.3) is 5.91 Å². The van der Waals surface area contributed by atoms with Crippen molar-refractivity contribution in [2.45, 2.75) is 13.3 Å². The maximum absolute atomic E-state index is 12.7. The Bertz CT molecular complexity index is 742. The van der Waals surface area contributed by atoms with E-state index >= 15 is 0 Å². The maximum atomic E-state index is 12.7. The minimum atomic E-state index is -0.00942. The predicted octanol–water partition coefficient (Wildman–Crippen LogP) is 2.20. The zero-order chi connectivity index (χ0) is 19.1. The minimum absolute atomic E-state index is 0.00942. The molecule has 1 aliphatic rings. The molecule has 0 atom stereocenters. The summed E-state index contributed by atoms with van der Waals surface area (Å²) in [6.45, 7) is 6.58. The predicted molar refractivity (Wildman–Crippen MR) is 106 cm³/mol. The SMILES string of the molecule is COCCCNc1ncc(C(=O)N2CCN(c3cccc(C)c3)CC2)cn1. The maximum Gasteiger partial charge on any atom is 0.257 e. The first-order chi connectivity index (χ1) is 13.2. The van der Waals surface area contributed by atoms with Crippen molar-refractivity contribution in [2.24, 2.45) is 0 Å². The van der Waals surface area contributed by atoms with Gasteiger partial charge in [-0.3, -0.25) is 4.79 Å². The van der Waals surface area contributed by atoms with Crippen LogP contribution in [0.15, 0.2) is 36.7 Å². The number of carbonyl (C=O) groups is 1. The van der Waals surface area contributed by atoms with Crippen molar-refractivity contribution in [3.8, 4) is 0 Å². The summed E-state index contributed by atoms with van der Waals surface area (Å²) in [6.07, 6.45) is 4.08. The lowest BCUT2D eigenvalue weighted by atomic mass is 10.2. The molecule has 2 heterocycles. The van der Waals surface area contributed by atoms with Gasteiger partial charge in [0.05, 0.1) is 5.56 Å². The molecule has 27 heavy (non-hydrogen) atoms. The van der Waals surface area contributed by atoms with Crippen LogP contribution in [-0.4, -0.2) is 67.2 Å². The average Bonchev–Trinajstić information content (AvgIpc) is 2.71. The summed E-state index contributed by atoms with van der Waals surface area (Å²) in [7, 11) is 1.68. The topological polar surface area (TPSA) is 70.6 Å². The highest BCUT2D eigenvalue weighted by Gasteiger charge is 2.22. The van der Waals surface area contributed by atoms with Gasteiger partial charge >= 0.3 is 0 Å². The number of hydrogen-bond acceptors (Lipinski definition) is 6. The van der Waals surface area contributed by atoms with E-state index in [1.54, 1.807) is 19.5 Å². The number of hydrogen-bond donors (Lipinski definition) is 1. The molecule has 1 N–H and O–H groups in total. The van der Waals surface area contributed by atoms with Crippen LogP contribution in [0, 0.1) is 6.92 Å². The smallest absolute Gasteiger partial charge is 0.257 e. The van der Waals surface area contributed by atoms with Crippen molar-refractivity contribution < 1.29 is 9.53 Å². The van der Waals surface area contributed by atoms with Crippen molar-refractivity contribution in [1.29, 1.82) is 0 Å². The van der Waals surface area contributed by atoms with Gasteiger partial charge in [0.2, 0.25) is 5.95 Å². The van der Waals surface area contributed by atoms with Crippen LogP contribution in [0.4, 0.5) is 11.6 Å². The Morgan fingerprint density at radius 1 is 1.19 bits per heavy atom. The lowest BCUT2D eigenvalue weighted by molar-refractivity contribution is 0.0746. The van der Waals surface area contributed by atoms with Crippen LogP contribution in [0.5, 0.6) is 0 Å². The second kappa shape index (κ2) is 9.32. The van der Waals surface area contributed by atoms with Gasteiger partial charge in [-0.1, -0.05) is 12.1 Å². The van der Waals surface area contributed by atoms with Crippen LogP contribution in [-0.2, 0) is 4.74 Å². The summed E-state index contributed by atoms with van der Waals surface area (Å²) in [4.78, 5) is 25.4. The Hall–Kier alpha value is -2.67. The molecule has 1 aromatic heterocycles. The van der Waals surface area contributed by atoms with Gasteiger partial charge in [-0.15, -0.1) is 0 Å². The zero-order valence-electron chi connectivity index (χ0n) is 16.0. The molecule has 0 bridgehead atoms. The molecule has 0 spiro atoms. The first kappa shape index (κ1) is 19.1. The van der Waals surface area contributed by atoms with Crippen LogP contribution in [0.1, 0.15) is 22.3 Å². The number of carbonyl (C=O) groups excluding carboxylic acids is 1. The van der Waals surface area contributed by atoms with Crippen LogP contribution < -0.4 is 10.2 Å². The van der Waals surface area contributed by atoms with Crippen molar-refractivity contribution in [1.82, 2.24) is 14.9 Å². The molecular weight excluding hydrogens is 342 g/mol. The molecule has 0 aliphatic carbocycles. The van der Waals surface area contributed by atoms with E-state index in [1.165, 1.54) is 11.3 Å². The molecule has 2 aromatic rings. The van der Waals surface area contributed by atoms with Gasteiger partial charge in [0.15, 0.2) is 0 Å². The quantitative estimate of drug-likeness (QED) is 0.755. The molecule has 1 fully saturated rings. The number of piperazine rings is 1. The van der Waals surface area contributed by atoms with Gasteiger partial charge in [0.1, 0.15) is 0 Å². The third-order valence-corrected chi connectivity index (χ3v) is 4.64. The molecule has 0 unspecified atom stereocenters. The number of rotatable bonds is 7. The third kappa shape index (κ3) is 5.17. The summed E-state index contributed by atoms with van der Waals surface area (Å²) in [5.74, 6) is 0.525. The summed E-state index contributed by atoms with van der Waals surface area (Å²) >= 11 is 0. The van der Waals surface area contributed by atoms with E-state index in [-0.39, 0.29) is 5.91 Å². The Morgan fingerprint density at radius 2 is 1.93 bits per heavy atom. The number of ether oxygens (including phenoxy) is 1. The molecule has 3 rings (SSSR count). The standard InChI is InChI=1S/C20H27N5O2/c1-16-5-3-6-18(13-16)24-8-10-25(11-9-24)19(26)17-14-22-20(23-15-17)21-7-4-12-27-2/h3,5-6,13-15H,4,7-12H2,1-2H3,(H,21,22,23). The van der Waals surface area contributed by atoms with E-state index in [1.807, 2.05) is 4.90 Å². The summed E-state index contributed by atoms with van der Waals surface area (Å²) in [5.41, 5.74) is 3.00. The summed E-state index contributed by atoms with van der Waals surface area (Å²) < 4.78 is 5.00. The molecule has 1 aliphatic heterocycles. The Morgan fingerprint density at radius 3 is 2.59 bits per heavy atom. The molecule has 1 saturated heterocycles. The molecule has 7 heteroatoms. The van der Waals surface area contributed by atoms with Crippen molar-refractivity contribution in [2.75, 3.05) is 56.7 Å². The Kier molecular flexibility index (Phi) is 6.59. The van der Waals surface area contributed by atoms with Gasteiger partial charge in [-0.25, -0.2) is 9.97 Å². The van der Waals surface area contributed by atoms with Gasteiger partial charge in [-0.2, -0.15) is 0 Å². The first-order valence-electron chi connectivity index (χ1n) is 9.33. The highest BCUT2D eigenvalue weighted by Crippen LogP contribution is 2.18. The number of anilines is 2. The number of methoxy groups -OCH3 is 1. The van der Waals surface area contributed by atoms with Gasteiger partial charge in [0, 0.05) is 64.5 Å². The molecule has 0 radical (unpaired) electrons. The van der Waals surface area contributed by atoms with E-state index in [4.69, 9.17) is 4.74 Å². The van der Waals surface area contributed by atoms with Crippen LogP contribution in [0.2, 0.25) is 0 Å². The molecule has 144 valence electrons. The summed E-state index contributed by atoms with van der Waals surface area (Å²) in [5, 5.41) is 3.12. The zero-order valence-corrected chi connectivity index (χ0v) is 16.0. The third-order valence-electron chi connectivity index (χ3n) is 4.64. The lowest BCUT2D eigenvalue weighted by Gasteiger charge is -2.36. The molecule has 1 aromatic carbocycles. The molecule has 7 nitrogen and oxygen atoms in total. The largest absolute Gasteiger partial charge is 0.385 e. The second-order valence-electron chi connectivity index (χ2n) is 6.69. The fraction of sp³-hybridized carbons (Fsp3) is 0.450. The number of nitrogens with one attached hydrogen (secondary N) is 1. The number of amides is 1. The second-order valence-corrected chi connectivity index (χ2v) is 6.69. The Balaban J connectivity index is 1.51. The Labute approximate surface area is 160 Å². The minimum Gasteiger partial charge on any atom is -0.385 e. The van der Waals surface area contributed by atoms with Crippen LogP contribution in [0.25, 0.3) is 0 Å². The van der Waals surface area contributed by atoms with Crippen LogP contribution in [0.3, 0.4) is 0 Å². The van der Waals surface area contributed by atoms with Gasteiger partial charge < -0.3 is 19.9 Å². The average molecular weight is 369 g/mol. The molecule has 1 amide bonds. The monoisotopic (exact) mass is 369 g/mol. The van der Waals surface area contributed by atoms with E-state index in [0.717, 1.165) is 26.1 Å². The fourth-order valence-electron chi connectivity index (χ4n) is 3.12. The van der Waals surface area contributed by atoms with Gasteiger partial charge in [-0.05, 0) is 31.0 Å². The number of aromatic nitrogens is 2. The lowest BCUT2D eigenvalue weighted by Crippen LogP contribution is -2.48. The van der Waals surface area contributed by atoms with E-state index in [0.29, 0.717) is 31.2 Å². The van der Waals surface area contributed by atoms with Crippen molar-refractivity contribution >= 4 is 17.5 Å². The molecule has 0 saturated carbocycles. The van der Waals surface area contributed by atoms with Crippen LogP contribution >= 0.6 is 0 Å². The molecular formula is C20H27N5O2. The number of benzene rings is 1. The van der Waals surface area contributed by atoms with E-state index < -0.39 is 0 Å². The van der Waals surface area contributed by atoms with Crippen molar-refractivity contribution in [3.63, 3.8) is 0 Å². The highest BCUT2D eigenvalue weighted by atomic mass is 16.5.